The van der Waals surface area contributed by atoms with Gasteiger partial charge in [0.25, 0.3) is 0 Å². The van der Waals surface area contributed by atoms with Crippen LogP contribution in [0.15, 0.2) is 12.4 Å². The van der Waals surface area contributed by atoms with Gasteiger partial charge in [0.05, 0.1) is 32.2 Å². The standard InChI is InChI=1S/C9H15N3O2/c1-13-7-4-11-12(5-7)9-6-14-3-2-8(9)10/h4-5,8-9H,2-3,6,10H2,1H3. The third-order valence-electron chi connectivity index (χ3n) is 2.53. The van der Waals surface area contributed by atoms with Gasteiger partial charge in [0.1, 0.15) is 0 Å². The maximum Gasteiger partial charge on any atom is 0.156 e. The van der Waals surface area contributed by atoms with E-state index in [-0.39, 0.29) is 12.1 Å². The summed E-state index contributed by atoms with van der Waals surface area (Å²) in [6, 6.07) is 0.251. The summed E-state index contributed by atoms with van der Waals surface area (Å²) >= 11 is 0. The number of methoxy groups -OCH3 is 1. The number of nitrogens with two attached hydrogens (primary N) is 1. The third-order valence-corrected chi connectivity index (χ3v) is 2.53. The molecular formula is C9H15N3O2. The molecule has 0 amide bonds. The summed E-state index contributed by atoms with van der Waals surface area (Å²) in [6.07, 6.45) is 4.41. The summed E-state index contributed by atoms with van der Waals surface area (Å²) in [5.74, 6) is 0.753. The second kappa shape index (κ2) is 3.98. The van der Waals surface area contributed by atoms with E-state index in [2.05, 4.69) is 5.10 Å². The van der Waals surface area contributed by atoms with Crippen molar-refractivity contribution in [3.63, 3.8) is 0 Å². The lowest BCUT2D eigenvalue weighted by molar-refractivity contribution is 0.0424. The number of nitrogens with zero attached hydrogens (tertiary/aromatic N) is 2. The smallest absolute Gasteiger partial charge is 0.156 e. The van der Waals surface area contributed by atoms with E-state index in [1.54, 1.807) is 13.3 Å². The Morgan fingerprint density at radius 3 is 3.21 bits per heavy atom. The molecule has 2 N–H and O–H groups in total. The van der Waals surface area contributed by atoms with Crippen LogP contribution in [-0.2, 0) is 4.74 Å². The molecule has 0 saturated carbocycles. The molecule has 1 aliphatic heterocycles. The van der Waals surface area contributed by atoms with Crippen molar-refractivity contribution in [2.45, 2.75) is 18.5 Å². The van der Waals surface area contributed by atoms with Crippen molar-refractivity contribution in [2.24, 2.45) is 5.73 Å². The Kier molecular flexibility index (Phi) is 2.69. The Morgan fingerprint density at radius 2 is 2.57 bits per heavy atom. The maximum atomic E-state index is 5.98. The minimum Gasteiger partial charge on any atom is -0.493 e. The second-order valence-corrected chi connectivity index (χ2v) is 3.45. The topological polar surface area (TPSA) is 62.3 Å². The Bertz CT molecular complexity index is 300. The summed E-state index contributed by atoms with van der Waals surface area (Å²) in [4.78, 5) is 0. The minimum atomic E-state index is 0.119. The maximum absolute atomic E-state index is 5.98. The lowest BCUT2D eigenvalue weighted by Gasteiger charge is -2.28. The molecule has 1 saturated heterocycles. The van der Waals surface area contributed by atoms with Crippen LogP contribution in [0.2, 0.25) is 0 Å². The van der Waals surface area contributed by atoms with E-state index in [0.29, 0.717) is 6.61 Å². The Hall–Kier alpha value is -1.07. The number of rotatable bonds is 2. The van der Waals surface area contributed by atoms with Gasteiger partial charge in [-0.1, -0.05) is 0 Å². The molecule has 1 fully saturated rings. The molecule has 1 aromatic rings. The monoisotopic (exact) mass is 197 g/mol. The normalized spacial score (nSPS) is 27.6. The zero-order valence-corrected chi connectivity index (χ0v) is 8.22. The van der Waals surface area contributed by atoms with Crippen LogP contribution < -0.4 is 10.5 Å². The number of ether oxygens (including phenoxy) is 2. The summed E-state index contributed by atoms with van der Waals surface area (Å²) in [5.41, 5.74) is 5.98. The van der Waals surface area contributed by atoms with Crippen molar-refractivity contribution < 1.29 is 9.47 Å². The van der Waals surface area contributed by atoms with Crippen LogP contribution in [0, 0.1) is 0 Å². The zero-order valence-electron chi connectivity index (χ0n) is 8.22. The molecule has 78 valence electrons. The van der Waals surface area contributed by atoms with Crippen LogP contribution in [0.1, 0.15) is 12.5 Å². The Morgan fingerprint density at radius 1 is 1.71 bits per heavy atom. The van der Waals surface area contributed by atoms with Gasteiger partial charge in [-0.25, -0.2) is 0 Å². The quantitative estimate of drug-likeness (QED) is 0.734. The molecule has 2 unspecified atom stereocenters. The van der Waals surface area contributed by atoms with E-state index >= 15 is 0 Å². The molecule has 5 nitrogen and oxygen atoms in total. The summed E-state index contributed by atoms with van der Waals surface area (Å²) in [6.45, 7) is 1.38. The molecule has 1 aromatic heterocycles. The first kappa shape index (κ1) is 9.48. The second-order valence-electron chi connectivity index (χ2n) is 3.45. The van der Waals surface area contributed by atoms with Gasteiger partial charge in [0.2, 0.25) is 0 Å². The fourth-order valence-electron chi connectivity index (χ4n) is 1.62. The molecule has 0 radical (unpaired) electrons. The van der Waals surface area contributed by atoms with E-state index in [9.17, 15) is 0 Å². The van der Waals surface area contributed by atoms with E-state index in [1.807, 2.05) is 10.9 Å². The average molecular weight is 197 g/mol. The van der Waals surface area contributed by atoms with Crippen molar-refractivity contribution in [3.8, 4) is 5.75 Å². The fourth-order valence-corrected chi connectivity index (χ4v) is 1.62. The van der Waals surface area contributed by atoms with Gasteiger partial charge in [0.15, 0.2) is 5.75 Å². The first-order valence-electron chi connectivity index (χ1n) is 4.72. The highest BCUT2D eigenvalue weighted by atomic mass is 16.5. The van der Waals surface area contributed by atoms with Gasteiger partial charge in [-0.2, -0.15) is 5.10 Å². The van der Waals surface area contributed by atoms with Crippen LogP contribution in [-0.4, -0.2) is 36.1 Å². The largest absolute Gasteiger partial charge is 0.493 e. The van der Waals surface area contributed by atoms with Crippen LogP contribution >= 0.6 is 0 Å². The molecule has 0 aromatic carbocycles. The number of aromatic nitrogens is 2. The number of hydrogen-bond acceptors (Lipinski definition) is 4. The molecule has 0 aliphatic carbocycles. The average Bonchev–Trinajstić information content (AvgIpc) is 2.67. The first-order chi connectivity index (χ1) is 6.81. The Balaban J connectivity index is 2.12. The van der Waals surface area contributed by atoms with Crippen LogP contribution in [0.3, 0.4) is 0 Å². The van der Waals surface area contributed by atoms with E-state index in [0.717, 1.165) is 18.8 Å². The molecule has 2 atom stereocenters. The van der Waals surface area contributed by atoms with Gasteiger partial charge in [-0.15, -0.1) is 0 Å². The molecule has 1 aliphatic rings. The van der Waals surface area contributed by atoms with E-state index in [1.165, 1.54) is 0 Å². The van der Waals surface area contributed by atoms with E-state index < -0.39 is 0 Å². The van der Waals surface area contributed by atoms with Crippen LogP contribution in [0.5, 0.6) is 5.75 Å². The highest BCUT2D eigenvalue weighted by Gasteiger charge is 2.24. The van der Waals surface area contributed by atoms with Crippen molar-refractivity contribution >= 4 is 0 Å². The third kappa shape index (κ3) is 1.73. The molecular weight excluding hydrogens is 182 g/mol. The molecule has 5 heteroatoms. The summed E-state index contributed by atoms with van der Waals surface area (Å²) in [7, 11) is 1.62. The minimum absolute atomic E-state index is 0.119. The lowest BCUT2D eigenvalue weighted by Crippen LogP contribution is -2.40. The summed E-state index contributed by atoms with van der Waals surface area (Å²) < 4.78 is 12.2. The predicted molar refractivity (Wildman–Crippen MR) is 51.2 cm³/mol. The predicted octanol–water partition coefficient (Wildman–Crippen LogP) is 0.180. The highest BCUT2D eigenvalue weighted by molar-refractivity contribution is 5.12. The van der Waals surface area contributed by atoms with Crippen molar-refractivity contribution in [2.75, 3.05) is 20.3 Å². The molecule has 2 rings (SSSR count). The van der Waals surface area contributed by atoms with E-state index in [4.69, 9.17) is 15.2 Å². The van der Waals surface area contributed by atoms with Crippen LogP contribution in [0.25, 0.3) is 0 Å². The molecule has 0 spiro atoms. The van der Waals surface area contributed by atoms with Gasteiger partial charge in [0, 0.05) is 12.6 Å². The van der Waals surface area contributed by atoms with Gasteiger partial charge >= 0.3 is 0 Å². The van der Waals surface area contributed by atoms with Gasteiger partial charge in [-0.05, 0) is 6.42 Å². The van der Waals surface area contributed by atoms with Crippen molar-refractivity contribution in [1.82, 2.24) is 9.78 Å². The number of hydrogen-bond donors (Lipinski definition) is 1. The fraction of sp³-hybridized carbons (Fsp3) is 0.667. The molecule has 0 bridgehead atoms. The zero-order chi connectivity index (χ0) is 9.97. The summed E-state index contributed by atoms with van der Waals surface area (Å²) in [5, 5.41) is 4.19. The Labute approximate surface area is 82.8 Å². The highest BCUT2D eigenvalue weighted by Crippen LogP contribution is 2.20. The molecule has 2 heterocycles. The van der Waals surface area contributed by atoms with Gasteiger partial charge in [-0.3, -0.25) is 4.68 Å². The lowest BCUT2D eigenvalue weighted by atomic mass is 10.1. The van der Waals surface area contributed by atoms with Gasteiger partial charge < -0.3 is 15.2 Å². The van der Waals surface area contributed by atoms with Crippen molar-refractivity contribution in [1.29, 1.82) is 0 Å². The first-order valence-corrected chi connectivity index (χ1v) is 4.72. The van der Waals surface area contributed by atoms with Crippen LogP contribution in [0.4, 0.5) is 0 Å². The SMILES string of the molecule is COc1cnn(C2COCCC2N)c1. The molecule has 14 heavy (non-hydrogen) atoms. The van der Waals surface area contributed by atoms with Crippen molar-refractivity contribution in [3.05, 3.63) is 12.4 Å².